The van der Waals surface area contributed by atoms with Gasteiger partial charge in [0, 0.05) is 23.7 Å². The molecule has 3 heteroatoms. The van der Waals surface area contributed by atoms with Gasteiger partial charge in [-0.1, -0.05) is 116 Å². The molecule has 0 aromatic heterocycles. The van der Waals surface area contributed by atoms with E-state index in [9.17, 15) is 9.90 Å². The number of hydrogen-bond donors (Lipinski definition) is 2. The quantitative estimate of drug-likeness (QED) is 0.235. The molecule has 1 unspecified atom stereocenters. The average Bonchev–Trinajstić information content (AvgIpc) is 2.98. The number of hydrogen-bond acceptors (Lipinski definition) is 3. The van der Waals surface area contributed by atoms with E-state index in [-0.39, 0.29) is 11.7 Å². The second-order valence-electron chi connectivity index (χ2n) is 10.1. The van der Waals surface area contributed by atoms with E-state index in [0.29, 0.717) is 17.0 Å². The number of ketones is 1. The molecule has 0 bridgehead atoms. The lowest BCUT2D eigenvalue weighted by Crippen LogP contribution is -2.15. The minimum Gasteiger partial charge on any atom is -0.384 e. The fraction of sp³-hybridized carbons (Fsp3) is 0.265. The van der Waals surface area contributed by atoms with Crippen LogP contribution in [0.4, 0.5) is 5.69 Å². The summed E-state index contributed by atoms with van der Waals surface area (Å²) in [4.78, 5) is 13.0. The molecule has 0 saturated heterocycles. The lowest BCUT2D eigenvalue weighted by molar-refractivity contribution is 0.0747. The average molecular weight is 490 g/mol. The van der Waals surface area contributed by atoms with E-state index in [1.807, 2.05) is 48.5 Å². The summed E-state index contributed by atoms with van der Waals surface area (Å²) < 4.78 is 0. The van der Waals surface area contributed by atoms with Crippen LogP contribution in [0, 0.1) is 0 Å². The molecule has 1 saturated carbocycles. The number of rotatable bonds is 9. The Hall–Kier alpha value is -3.69. The summed E-state index contributed by atoms with van der Waals surface area (Å²) in [7, 11) is 0. The summed E-state index contributed by atoms with van der Waals surface area (Å²) in [6.07, 6.45) is 5.19. The van der Waals surface area contributed by atoms with Crippen LogP contribution in [-0.2, 0) is 0 Å². The largest absolute Gasteiger partial charge is 0.384 e. The van der Waals surface area contributed by atoms with Gasteiger partial charge in [0.2, 0.25) is 0 Å². The van der Waals surface area contributed by atoms with Crippen molar-refractivity contribution in [2.24, 2.45) is 0 Å². The summed E-state index contributed by atoms with van der Waals surface area (Å²) >= 11 is 0. The lowest BCUT2D eigenvalue weighted by atomic mass is 9.83. The molecule has 37 heavy (non-hydrogen) atoms. The first-order chi connectivity index (χ1) is 18.2. The fourth-order valence-corrected chi connectivity index (χ4v) is 5.47. The molecule has 1 aliphatic carbocycles. The van der Waals surface area contributed by atoms with E-state index in [0.717, 1.165) is 12.2 Å². The Labute approximate surface area is 220 Å². The highest BCUT2D eigenvalue weighted by Gasteiger charge is 2.21. The summed E-state index contributed by atoms with van der Waals surface area (Å²) in [6.45, 7) is 0.738. The first-order valence-corrected chi connectivity index (χ1v) is 13.4. The minimum atomic E-state index is -1.17. The molecule has 3 nitrogen and oxygen atoms in total. The predicted molar refractivity (Wildman–Crippen MR) is 151 cm³/mol. The third-order valence-corrected chi connectivity index (χ3v) is 7.66. The molecule has 4 aromatic rings. The van der Waals surface area contributed by atoms with Crippen LogP contribution in [-0.4, -0.2) is 17.4 Å². The SMILES string of the molecule is O=C(c1ccc(C2CCCCC2)cc1)C(O)c1ccc(NCC(c2ccccc2)c2ccccc2)cc1. The Kier molecular flexibility index (Phi) is 8.12. The topological polar surface area (TPSA) is 49.3 Å². The van der Waals surface area contributed by atoms with Crippen molar-refractivity contribution in [1.82, 2.24) is 0 Å². The van der Waals surface area contributed by atoms with Gasteiger partial charge in [-0.2, -0.15) is 0 Å². The van der Waals surface area contributed by atoms with Crippen LogP contribution in [0.15, 0.2) is 109 Å². The van der Waals surface area contributed by atoms with Gasteiger partial charge in [0.15, 0.2) is 5.78 Å². The van der Waals surface area contributed by atoms with Crippen molar-refractivity contribution < 1.29 is 9.90 Å². The molecule has 4 aromatic carbocycles. The van der Waals surface area contributed by atoms with Crippen LogP contribution in [0.1, 0.15) is 82.7 Å². The molecule has 5 rings (SSSR count). The molecule has 0 spiro atoms. The van der Waals surface area contributed by atoms with Gasteiger partial charge in [-0.15, -0.1) is 0 Å². The molecule has 1 fully saturated rings. The highest BCUT2D eigenvalue weighted by molar-refractivity contribution is 5.99. The van der Waals surface area contributed by atoms with E-state index in [1.54, 1.807) is 0 Å². The van der Waals surface area contributed by atoms with Gasteiger partial charge in [-0.25, -0.2) is 0 Å². The molecule has 0 heterocycles. The second kappa shape index (κ2) is 12.0. The van der Waals surface area contributed by atoms with Crippen molar-refractivity contribution in [3.8, 4) is 0 Å². The van der Waals surface area contributed by atoms with E-state index in [1.165, 1.54) is 48.8 Å². The first-order valence-electron chi connectivity index (χ1n) is 13.4. The Morgan fingerprint density at radius 2 is 1.27 bits per heavy atom. The summed E-state index contributed by atoms with van der Waals surface area (Å²) in [5.41, 5.74) is 5.95. The standard InChI is InChI=1S/C34H35NO2/c36-33(29-18-16-26(17-19-29)25-10-4-1-5-11-25)34(37)30-20-22-31(23-21-30)35-24-32(27-12-6-2-7-13-27)28-14-8-3-9-15-28/h2-3,6-9,12-23,25,32,34-35,37H,1,4-5,10-11,24H2. The van der Waals surface area contributed by atoms with Crippen molar-refractivity contribution in [3.05, 3.63) is 137 Å². The number of carbonyl (C=O) groups excluding carboxylic acids is 1. The summed E-state index contributed by atoms with van der Waals surface area (Å²) in [5, 5.41) is 14.3. The number of aliphatic hydroxyl groups is 1. The normalized spacial score (nSPS) is 14.9. The maximum Gasteiger partial charge on any atom is 0.195 e. The minimum absolute atomic E-state index is 0.214. The third kappa shape index (κ3) is 6.18. The molecule has 0 radical (unpaired) electrons. The van der Waals surface area contributed by atoms with Crippen LogP contribution in [0.2, 0.25) is 0 Å². The van der Waals surface area contributed by atoms with E-state index >= 15 is 0 Å². The van der Waals surface area contributed by atoms with Crippen LogP contribution < -0.4 is 5.32 Å². The van der Waals surface area contributed by atoms with Crippen molar-refractivity contribution in [2.75, 3.05) is 11.9 Å². The molecule has 0 aliphatic heterocycles. The molecular weight excluding hydrogens is 454 g/mol. The van der Waals surface area contributed by atoms with Crippen molar-refractivity contribution in [3.63, 3.8) is 0 Å². The number of carbonyl (C=O) groups is 1. The Bertz CT molecular complexity index is 1220. The van der Waals surface area contributed by atoms with E-state index in [4.69, 9.17) is 0 Å². The van der Waals surface area contributed by atoms with Gasteiger partial charge in [-0.05, 0) is 53.1 Å². The molecule has 1 aliphatic rings. The van der Waals surface area contributed by atoms with Gasteiger partial charge >= 0.3 is 0 Å². The third-order valence-electron chi connectivity index (χ3n) is 7.66. The molecule has 188 valence electrons. The zero-order valence-electron chi connectivity index (χ0n) is 21.2. The Balaban J connectivity index is 1.23. The molecule has 1 atom stereocenters. The van der Waals surface area contributed by atoms with Gasteiger partial charge in [-0.3, -0.25) is 4.79 Å². The van der Waals surface area contributed by atoms with Crippen molar-refractivity contribution in [1.29, 1.82) is 0 Å². The highest BCUT2D eigenvalue weighted by atomic mass is 16.3. The fourth-order valence-electron chi connectivity index (χ4n) is 5.47. The number of Topliss-reactive ketones (excluding diaryl/α,β-unsaturated/α-hetero) is 1. The zero-order chi connectivity index (χ0) is 25.5. The maximum absolute atomic E-state index is 13.0. The van der Waals surface area contributed by atoms with Crippen LogP contribution in [0.3, 0.4) is 0 Å². The zero-order valence-corrected chi connectivity index (χ0v) is 21.2. The first kappa shape index (κ1) is 25.0. The Morgan fingerprint density at radius 1 is 0.703 bits per heavy atom. The van der Waals surface area contributed by atoms with E-state index in [2.05, 4.69) is 66.0 Å². The van der Waals surface area contributed by atoms with E-state index < -0.39 is 6.10 Å². The molecular formula is C34H35NO2. The van der Waals surface area contributed by atoms with Gasteiger partial charge in [0.1, 0.15) is 6.10 Å². The number of nitrogens with one attached hydrogen (secondary N) is 1. The Morgan fingerprint density at radius 3 is 1.84 bits per heavy atom. The lowest BCUT2D eigenvalue weighted by Gasteiger charge is -2.22. The summed E-state index contributed by atoms with van der Waals surface area (Å²) in [5.74, 6) is 0.557. The number of anilines is 1. The van der Waals surface area contributed by atoms with Crippen molar-refractivity contribution in [2.45, 2.75) is 50.0 Å². The molecule has 0 amide bonds. The van der Waals surface area contributed by atoms with Gasteiger partial charge in [0.25, 0.3) is 0 Å². The van der Waals surface area contributed by atoms with Crippen molar-refractivity contribution >= 4 is 11.5 Å². The number of benzene rings is 4. The van der Waals surface area contributed by atoms with Crippen LogP contribution >= 0.6 is 0 Å². The van der Waals surface area contributed by atoms with Gasteiger partial charge < -0.3 is 10.4 Å². The number of aliphatic hydroxyl groups excluding tert-OH is 1. The van der Waals surface area contributed by atoms with Crippen LogP contribution in [0.5, 0.6) is 0 Å². The second-order valence-corrected chi connectivity index (χ2v) is 10.1. The summed E-state index contributed by atoms with van der Waals surface area (Å²) in [6, 6.07) is 36.4. The monoisotopic (exact) mass is 489 g/mol. The highest BCUT2D eigenvalue weighted by Crippen LogP contribution is 2.33. The maximum atomic E-state index is 13.0. The predicted octanol–water partition coefficient (Wildman–Crippen LogP) is 7.89. The smallest absolute Gasteiger partial charge is 0.195 e. The van der Waals surface area contributed by atoms with Gasteiger partial charge in [0.05, 0.1) is 0 Å². The molecule has 2 N–H and O–H groups in total. The van der Waals surface area contributed by atoms with Crippen LogP contribution in [0.25, 0.3) is 0 Å².